The number of carbonyl (C=O) groups excluding carboxylic acids is 1. The highest BCUT2D eigenvalue weighted by Crippen LogP contribution is 2.34. The molecule has 0 saturated heterocycles. The number of aromatic nitrogens is 3. The van der Waals surface area contributed by atoms with Crippen molar-refractivity contribution in [3.8, 4) is 0 Å². The molecule has 25 heavy (non-hydrogen) atoms. The summed E-state index contributed by atoms with van der Waals surface area (Å²) in [6.07, 6.45) is 3.98. The second-order valence-corrected chi connectivity index (χ2v) is 7.17. The topological polar surface area (TPSA) is 59.8 Å². The largest absolute Gasteiger partial charge is 0.322 e. The van der Waals surface area contributed by atoms with Gasteiger partial charge in [0.1, 0.15) is 0 Å². The van der Waals surface area contributed by atoms with E-state index in [0.717, 1.165) is 23.3 Å². The number of amides is 1. The zero-order chi connectivity index (χ0) is 17.6. The van der Waals surface area contributed by atoms with E-state index >= 15 is 0 Å². The van der Waals surface area contributed by atoms with Crippen LogP contribution in [0.3, 0.4) is 0 Å². The molecule has 1 saturated carbocycles. The molecule has 128 valence electrons. The summed E-state index contributed by atoms with van der Waals surface area (Å²) in [4.78, 5) is 17.0. The van der Waals surface area contributed by atoms with E-state index in [1.54, 1.807) is 24.3 Å². The molecule has 4 rings (SSSR count). The summed E-state index contributed by atoms with van der Waals surface area (Å²) < 4.78 is 1.90. The highest BCUT2D eigenvalue weighted by atomic mass is 35.5. The van der Waals surface area contributed by atoms with Gasteiger partial charge in [-0.05, 0) is 49.9 Å². The molecule has 3 aromatic rings. The maximum atomic E-state index is 12.6. The molecule has 0 aliphatic heterocycles. The Balaban J connectivity index is 1.67. The minimum atomic E-state index is -0.309. The third kappa shape index (κ3) is 3.22. The molecule has 1 aliphatic carbocycles. The lowest BCUT2D eigenvalue weighted by Gasteiger charge is -2.08. The first-order valence-corrected chi connectivity index (χ1v) is 8.87. The van der Waals surface area contributed by atoms with E-state index in [0.29, 0.717) is 27.2 Å². The van der Waals surface area contributed by atoms with Gasteiger partial charge in [0.2, 0.25) is 0 Å². The van der Waals surface area contributed by atoms with Crippen LogP contribution >= 0.6 is 23.2 Å². The van der Waals surface area contributed by atoms with Crippen molar-refractivity contribution in [1.82, 2.24) is 14.8 Å². The first kappa shape index (κ1) is 16.4. The number of carbonyl (C=O) groups is 1. The van der Waals surface area contributed by atoms with Crippen LogP contribution in [0.5, 0.6) is 0 Å². The summed E-state index contributed by atoms with van der Waals surface area (Å²) in [5.74, 6) is 0.368. The molecular weight excluding hydrogens is 359 g/mol. The van der Waals surface area contributed by atoms with Crippen molar-refractivity contribution in [2.24, 2.45) is 5.92 Å². The number of aryl methyl sites for hydroxylation is 1. The van der Waals surface area contributed by atoms with Gasteiger partial charge >= 0.3 is 0 Å². The van der Waals surface area contributed by atoms with Gasteiger partial charge in [-0.2, -0.15) is 5.10 Å². The van der Waals surface area contributed by atoms with E-state index in [-0.39, 0.29) is 5.91 Å². The van der Waals surface area contributed by atoms with Crippen molar-refractivity contribution in [1.29, 1.82) is 0 Å². The Morgan fingerprint density at radius 2 is 2.00 bits per heavy atom. The number of hydrogen-bond donors (Lipinski definition) is 1. The van der Waals surface area contributed by atoms with Crippen LogP contribution in [0.25, 0.3) is 11.0 Å². The standard InChI is InChI=1S/C18H16Cl2N4O/c1-10-15-16(20)14(18(25)22-13-6-4-12(19)5-7-13)8-21-17(15)24(23-10)9-11-2-3-11/h4-8,11H,2-3,9H2,1H3,(H,22,25). The van der Waals surface area contributed by atoms with Crippen molar-refractivity contribution in [2.45, 2.75) is 26.3 Å². The summed E-state index contributed by atoms with van der Waals surface area (Å²) >= 11 is 12.4. The fourth-order valence-electron chi connectivity index (χ4n) is 2.84. The Kier molecular flexibility index (Phi) is 4.13. The maximum Gasteiger partial charge on any atom is 0.258 e. The highest BCUT2D eigenvalue weighted by molar-refractivity contribution is 6.39. The molecule has 1 N–H and O–H groups in total. The molecule has 0 spiro atoms. The SMILES string of the molecule is Cc1nn(CC2CC2)c2ncc(C(=O)Nc3ccc(Cl)cc3)c(Cl)c12. The number of pyridine rings is 1. The van der Waals surface area contributed by atoms with Crippen molar-refractivity contribution in [3.05, 3.63) is 51.8 Å². The second-order valence-electron chi connectivity index (χ2n) is 6.36. The van der Waals surface area contributed by atoms with Gasteiger partial charge in [-0.3, -0.25) is 4.79 Å². The minimum Gasteiger partial charge on any atom is -0.322 e. The van der Waals surface area contributed by atoms with E-state index in [1.165, 1.54) is 19.0 Å². The lowest BCUT2D eigenvalue weighted by molar-refractivity contribution is 0.102. The lowest BCUT2D eigenvalue weighted by Crippen LogP contribution is -2.13. The van der Waals surface area contributed by atoms with Crippen LogP contribution in [-0.2, 0) is 6.54 Å². The molecule has 0 bridgehead atoms. The third-order valence-electron chi connectivity index (χ3n) is 4.35. The van der Waals surface area contributed by atoms with E-state index in [1.807, 2.05) is 11.6 Å². The Morgan fingerprint density at radius 3 is 2.68 bits per heavy atom. The smallest absolute Gasteiger partial charge is 0.258 e. The van der Waals surface area contributed by atoms with Crippen LogP contribution in [0.15, 0.2) is 30.5 Å². The average Bonchev–Trinajstić information content (AvgIpc) is 3.33. The second kappa shape index (κ2) is 6.32. The number of anilines is 1. The van der Waals surface area contributed by atoms with E-state index in [9.17, 15) is 4.79 Å². The number of halogens is 2. The van der Waals surface area contributed by atoms with Crippen molar-refractivity contribution < 1.29 is 4.79 Å². The minimum absolute atomic E-state index is 0.309. The molecule has 7 heteroatoms. The molecular formula is C18H16Cl2N4O. The summed E-state index contributed by atoms with van der Waals surface area (Å²) in [5, 5.41) is 9.09. The third-order valence-corrected chi connectivity index (χ3v) is 4.99. The Hall–Kier alpha value is -2.11. The van der Waals surface area contributed by atoms with E-state index in [4.69, 9.17) is 23.2 Å². The summed E-state index contributed by atoms with van der Waals surface area (Å²) in [5.41, 5.74) is 2.50. The fourth-order valence-corrected chi connectivity index (χ4v) is 3.32. The van der Waals surface area contributed by atoms with Gasteiger partial charge < -0.3 is 5.32 Å². The molecule has 0 unspecified atom stereocenters. The first-order chi connectivity index (χ1) is 12.0. The Bertz CT molecular complexity index is 961. The number of nitrogens with one attached hydrogen (secondary N) is 1. The maximum absolute atomic E-state index is 12.6. The van der Waals surface area contributed by atoms with Crippen LogP contribution in [0.4, 0.5) is 5.69 Å². The summed E-state index contributed by atoms with van der Waals surface area (Å²) in [6, 6.07) is 6.90. The molecule has 0 atom stereocenters. The molecule has 1 fully saturated rings. The molecule has 1 amide bonds. The van der Waals surface area contributed by atoms with Gasteiger partial charge in [0.15, 0.2) is 5.65 Å². The van der Waals surface area contributed by atoms with Crippen molar-refractivity contribution in [3.63, 3.8) is 0 Å². The monoisotopic (exact) mass is 374 g/mol. The number of nitrogens with zero attached hydrogens (tertiary/aromatic N) is 3. The number of benzene rings is 1. The van der Waals surface area contributed by atoms with Gasteiger partial charge in [0, 0.05) is 23.5 Å². The zero-order valence-corrected chi connectivity index (χ0v) is 15.1. The van der Waals surface area contributed by atoms with Crippen LogP contribution in [0.2, 0.25) is 10.0 Å². The van der Waals surface area contributed by atoms with E-state index in [2.05, 4.69) is 15.4 Å². The summed E-state index contributed by atoms with van der Waals surface area (Å²) in [7, 11) is 0. The van der Waals surface area contributed by atoms with Gasteiger partial charge in [0.25, 0.3) is 5.91 Å². The van der Waals surface area contributed by atoms with Gasteiger partial charge in [-0.1, -0.05) is 23.2 Å². The quantitative estimate of drug-likeness (QED) is 0.719. The van der Waals surface area contributed by atoms with Crippen LogP contribution in [-0.4, -0.2) is 20.7 Å². The van der Waals surface area contributed by atoms with Crippen molar-refractivity contribution in [2.75, 3.05) is 5.32 Å². The lowest BCUT2D eigenvalue weighted by atomic mass is 10.2. The fraction of sp³-hybridized carbons (Fsp3) is 0.278. The van der Waals surface area contributed by atoms with Gasteiger partial charge in [-0.15, -0.1) is 0 Å². The molecule has 2 aromatic heterocycles. The first-order valence-electron chi connectivity index (χ1n) is 8.11. The highest BCUT2D eigenvalue weighted by Gasteiger charge is 2.25. The zero-order valence-electron chi connectivity index (χ0n) is 13.6. The molecule has 0 radical (unpaired) electrons. The van der Waals surface area contributed by atoms with Crippen LogP contribution < -0.4 is 5.32 Å². The Labute approximate surface area is 154 Å². The van der Waals surface area contributed by atoms with Crippen LogP contribution in [0.1, 0.15) is 28.9 Å². The predicted octanol–water partition coefficient (Wildman–Crippen LogP) is 4.71. The van der Waals surface area contributed by atoms with Gasteiger partial charge in [0.05, 0.1) is 21.7 Å². The molecule has 1 aliphatic rings. The molecule has 1 aromatic carbocycles. The van der Waals surface area contributed by atoms with E-state index < -0.39 is 0 Å². The predicted molar refractivity (Wildman–Crippen MR) is 99.4 cm³/mol. The van der Waals surface area contributed by atoms with Gasteiger partial charge in [-0.25, -0.2) is 9.67 Å². The number of fused-ring (bicyclic) bond motifs is 1. The normalized spacial score (nSPS) is 14.0. The Morgan fingerprint density at radius 1 is 1.28 bits per heavy atom. The summed E-state index contributed by atoms with van der Waals surface area (Å²) in [6.45, 7) is 2.74. The van der Waals surface area contributed by atoms with Crippen LogP contribution in [0, 0.1) is 12.8 Å². The number of hydrogen-bond acceptors (Lipinski definition) is 3. The number of rotatable bonds is 4. The average molecular weight is 375 g/mol. The van der Waals surface area contributed by atoms with Crippen molar-refractivity contribution >= 4 is 45.8 Å². The molecule has 5 nitrogen and oxygen atoms in total. The molecule has 2 heterocycles.